The highest BCUT2D eigenvalue weighted by Gasteiger charge is 2.16. The molecule has 0 aliphatic heterocycles. The van der Waals surface area contributed by atoms with Crippen molar-refractivity contribution in [2.45, 2.75) is 26.4 Å². The number of hydrogen-bond donors (Lipinski definition) is 0. The maximum Gasteiger partial charge on any atom is 0.341 e. The smallest absolute Gasteiger partial charge is 0.341 e. The van der Waals surface area contributed by atoms with Crippen LogP contribution in [0.25, 0.3) is 6.08 Å². The average molecular weight is 371 g/mol. The number of ether oxygens (including phenoxy) is 3. The second-order valence-electron chi connectivity index (χ2n) is 5.43. The van der Waals surface area contributed by atoms with E-state index in [2.05, 4.69) is 15.9 Å². The van der Waals surface area contributed by atoms with E-state index in [0.29, 0.717) is 21.3 Å². The van der Waals surface area contributed by atoms with Gasteiger partial charge in [-0.2, -0.15) is 0 Å². The number of benzene rings is 1. The van der Waals surface area contributed by atoms with Gasteiger partial charge in [0.1, 0.15) is 16.9 Å². The third-order valence-electron chi connectivity index (χ3n) is 2.53. The molecule has 0 N–H and O–H groups in total. The van der Waals surface area contributed by atoms with Crippen molar-refractivity contribution in [1.82, 2.24) is 0 Å². The molecule has 1 aromatic rings. The van der Waals surface area contributed by atoms with Crippen molar-refractivity contribution in [2.24, 2.45) is 0 Å². The van der Waals surface area contributed by atoms with Gasteiger partial charge in [0.15, 0.2) is 0 Å². The van der Waals surface area contributed by atoms with Gasteiger partial charge in [-0.05, 0) is 44.5 Å². The first-order valence-corrected chi connectivity index (χ1v) is 7.34. The lowest BCUT2D eigenvalue weighted by Crippen LogP contribution is -2.22. The van der Waals surface area contributed by atoms with Crippen LogP contribution in [0.5, 0.6) is 5.75 Å². The molecule has 0 fully saturated rings. The van der Waals surface area contributed by atoms with Crippen molar-refractivity contribution >= 4 is 33.9 Å². The number of esters is 2. The second kappa shape index (κ2) is 7.45. The molecule has 1 aromatic carbocycles. The van der Waals surface area contributed by atoms with Crippen LogP contribution < -0.4 is 4.74 Å². The summed E-state index contributed by atoms with van der Waals surface area (Å²) < 4.78 is 15.7. The van der Waals surface area contributed by atoms with Gasteiger partial charge in [0.05, 0.1) is 14.2 Å². The molecule has 5 nitrogen and oxygen atoms in total. The predicted molar refractivity (Wildman–Crippen MR) is 86.9 cm³/mol. The molecule has 22 heavy (non-hydrogen) atoms. The van der Waals surface area contributed by atoms with Crippen molar-refractivity contribution < 1.29 is 23.8 Å². The van der Waals surface area contributed by atoms with Gasteiger partial charge in [0.25, 0.3) is 0 Å². The largest absolute Gasteiger partial charge is 0.496 e. The number of hydrogen-bond acceptors (Lipinski definition) is 5. The predicted octanol–water partition coefficient (Wildman–Crippen LogP) is 3.60. The second-order valence-corrected chi connectivity index (χ2v) is 6.29. The van der Waals surface area contributed by atoms with Gasteiger partial charge in [-0.25, -0.2) is 9.59 Å². The van der Waals surface area contributed by atoms with Crippen LogP contribution in [0.3, 0.4) is 0 Å². The Kier molecular flexibility index (Phi) is 6.17. The summed E-state index contributed by atoms with van der Waals surface area (Å²) in [6.45, 7) is 5.38. The minimum atomic E-state index is -0.551. The van der Waals surface area contributed by atoms with Crippen molar-refractivity contribution in [3.63, 3.8) is 0 Å². The molecule has 0 saturated carbocycles. The molecule has 0 radical (unpaired) electrons. The van der Waals surface area contributed by atoms with E-state index in [-0.39, 0.29) is 0 Å². The standard InChI is InChI=1S/C16H19BrO5/c1-16(2,3)22-14(18)7-6-10-8-13(20-4)11(9-12(10)17)15(19)21-5/h6-9H,1-5H3/b7-6+. The fourth-order valence-corrected chi connectivity index (χ4v) is 2.10. The van der Waals surface area contributed by atoms with Gasteiger partial charge in [-0.15, -0.1) is 0 Å². The minimum Gasteiger partial charge on any atom is -0.496 e. The summed E-state index contributed by atoms with van der Waals surface area (Å²) in [7, 11) is 2.75. The zero-order valence-electron chi connectivity index (χ0n) is 13.2. The fraction of sp³-hybridized carbons (Fsp3) is 0.375. The Hall–Kier alpha value is -1.82. The molecule has 1 rings (SSSR count). The zero-order valence-corrected chi connectivity index (χ0v) is 14.8. The van der Waals surface area contributed by atoms with Crippen LogP contribution in [0, 0.1) is 0 Å². The molecule has 0 saturated heterocycles. The summed E-state index contributed by atoms with van der Waals surface area (Å²) in [6, 6.07) is 3.22. The maximum absolute atomic E-state index is 11.7. The fourth-order valence-electron chi connectivity index (χ4n) is 1.63. The monoisotopic (exact) mass is 370 g/mol. The first kappa shape index (κ1) is 18.2. The van der Waals surface area contributed by atoms with E-state index >= 15 is 0 Å². The molecular weight excluding hydrogens is 352 g/mol. The average Bonchev–Trinajstić information content (AvgIpc) is 2.42. The van der Waals surface area contributed by atoms with Crippen LogP contribution in [-0.4, -0.2) is 31.8 Å². The molecule has 0 spiro atoms. The number of methoxy groups -OCH3 is 2. The Bertz CT molecular complexity index is 599. The van der Waals surface area contributed by atoms with E-state index < -0.39 is 17.5 Å². The van der Waals surface area contributed by atoms with Gasteiger partial charge < -0.3 is 14.2 Å². The summed E-state index contributed by atoms with van der Waals surface area (Å²) in [5, 5.41) is 0. The number of carbonyl (C=O) groups excluding carboxylic acids is 2. The molecule has 0 atom stereocenters. The summed E-state index contributed by atoms with van der Waals surface area (Å²) in [5.41, 5.74) is 0.423. The van der Waals surface area contributed by atoms with E-state index in [9.17, 15) is 9.59 Å². The molecule has 0 aliphatic rings. The molecule has 0 aromatic heterocycles. The topological polar surface area (TPSA) is 61.8 Å². The SMILES string of the molecule is COC(=O)c1cc(Br)c(/C=C/C(=O)OC(C)(C)C)cc1OC. The molecule has 0 amide bonds. The van der Waals surface area contributed by atoms with Crippen LogP contribution in [0.2, 0.25) is 0 Å². The lowest BCUT2D eigenvalue weighted by atomic mass is 10.1. The quantitative estimate of drug-likeness (QED) is 0.598. The summed E-state index contributed by atoms with van der Waals surface area (Å²) in [5.74, 6) is -0.588. The first-order valence-electron chi connectivity index (χ1n) is 6.55. The molecule has 120 valence electrons. The molecule has 0 bridgehead atoms. The van der Waals surface area contributed by atoms with E-state index in [1.165, 1.54) is 20.3 Å². The van der Waals surface area contributed by atoms with Crippen LogP contribution in [-0.2, 0) is 14.3 Å². The van der Waals surface area contributed by atoms with Gasteiger partial charge in [-0.3, -0.25) is 0 Å². The number of rotatable bonds is 4. The third-order valence-corrected chi connectivity index (χ3v) is 3.22. The van der Waals surface area contributed by atoms with Gasteiger partial charge in [0.2, 0.25) is 0 Å². The maximum atomic E-state index is 11.7. The van der Waals surface area contributed by atoms with Gasteiger partial charge in [0, 0.05) is 10.5 Å². The Morgan fingerprint density at radius 3 is 2.32 bits per heavy atom. The van der Waals surface area contributed by atoms with Crippen molar-refractivity contribution in [1.29, 1.82) is 0 Å². The highest BCUT2D eigenvalue weighted by atomic mass is 79.9. The number of halogens is 1. The lowest BCUT2D eigenvalue weighted by molar-refractivity contribution is -0.148. The van der Waals surface area contributed by atoms with E-state index in [0.717, 1.165) is 0 Å². The van der Waals surface area contributed by atoms with Crippen molar-refractivity contribution in [3.05, 3.63) is 33.8 Å². The molecule has 0 unspecified atom stereocenters. The van der Waals surface area contributed by atoms with Crippen molar-refractivity contribution in [2.75, 3.05) is 14.2 Å². The highest BCUT2D eigenvalue weighted by Crippen LogP contribution is 2.29. The molecule has 0 aliphatic carbocycles. The third kappa shape index (κ3) is 5.18. The van der Waals surface area contributed by atoms with Crippen LogP contribution in [0.15, 0.2) is 22.7 Å². The normalized spacial score (nSPS) is 11.4. The Labute approximate surface area is 138 Å². The first-order chi connectivity index (χ1) is 10.2. The molecule has 0 heterocycles. The minimum absolute atomic E-state index is 0.297. The number of carbonyl (C=O) groups is 2. The van der Waals surface area contributed by atoms with E-state index in [1.54, 1.807) is 39.0 Å². The van der Waals surface area contributed by atoms with E-state index in [1.807, 2.05) is 0 Å². The molecule has 6 heteroatoms. The summed E-state index contributed by atoms with van der Waals surface area (Å²) in [6.07, 6.45) is 2.91. The Morgan fingerprint density at radius 2 is 1.82 bits per heavy atom. The summed E-state index contributed by atoms with van der Waals surface area (Å²) >= 11 is 3.35. The van der Waals surface area contributed by atoms with E-state index in [4.69, 9.17) is 14.2 Å². The lowest BCUT2D eigenvalue weighted by Gasteiger charge is -2.18. The summed E-state index contributed by atoms with van der Waals surface area (Å²) in [4.78, 5) is 23.4. The Morgan fingerprint density at radius 1 is 1.18 bits per heavy atom. The van der Waals surface area contributed by atoms with Crippen LogP contribution in [0.4, 0.5) is 0 Å². The van der Waals surface area contributed by atoms with Crippen molar-refractivity contribution in [3.8, 4) is 5.75 Å². The van der Waals surface area contributed by atoms with Gasteiger partial charge in [-0.1, -0.05) is 15.9 Å². The highest BCUT2D eigenvalue weighted by molar-refractivity contribution is 9.10. The molecular formula is C16H19BrO5. The zero-order chi connectivity index (χ0) is 16.9. The van der Waals surface area contributed by atoms with Gasteiger partial charge >= 0.3 is 11.9 Å². The Balaban J connectivity index is 3.06. The van der Waals surface area contributed by atoms with Crippen LogP contribution >= 0.6 is 15.9 Å². The van der Waals surface area contributed by atoms with Crippen LogP contribution in [0.1, 0.15) is 36.7 Å².